The van der Waals surface area contributed by atoms with Crippen LogP contribution in [0.1, 0.15) is 48.5 Å². The van der Waals surface area contributed by atoms with E-state index in [9.17, 15) is 9.59 Å². The Morgan fingerprint density at radius 2 is 1.41 bits per heavy atom. The second-order valence-corrected chi connectivity index (χ2v) is 6.32. The molecule has 0 saturated heterocycles. The quantitative estimate of drug-likeness (QED) is 0.230. The molecule has 2 rings (SSSR count). The number of unbranched alkanes of at least 4 members (excludes halogenated alkanes) is 2. The average molecular weight is 395 g/mol. The van der Waals surface area contributed by atoms with Gasteiger partial charge in [-0.3, -0.25) is 9.59 Å². The number of carbonyl (C=O) groups is 2. The molecule has 0 fully saturated rings. The summed E-state index contributed by atoms with van der Waals surface area (Å²) in [6.45, 7) is 3.16. The molecule has 0 spiro atoms. The minimum atomic E-state index is -0.513. The minimum absolute atomic E-state index is 0.251. The first-order chi connectivity index (χ1) is 14.1. The summed E-state index contributed by atoms with van der Waals surface area (Å²) in [5, 5.41) is 8.76. The number of Topliss-reactive ketones (excluding diaryl/α,β-unsaturated/α-hetero) is 1. The Morgan fingerprint density at radius 3 is 1.93 bits per heavy atom. The molecular weight excluding hydrogens is 370 g/mol. The summed E-state index contributed by atoms with van der Waals surface area (Å²) in [7, 11) is 0. The summed E-state index contributed by atoms with van der Waals surface area (Å²) < 4.78 is 16.1. The molecule has 6 nitrogen and oxygen atoms in total. The van der Waals surface area contributed by atoms with E-state index in [1.54, 1.807) is 55.5 Å². The largest absolute Gasteiger partial charge is 0.494 e. The Morgan fingerprint density at radius 1 is 0.862 bits per heavy atom. The Balaban J connectivity index is 1.59. The molecule has 0 unspecified atom stereocenters. The van der Waals surface area contributed by atoms with Crippen LogP contribution < -0.4 is 9.47 Å². The summed E-state index contributed by atoms with van der Waals surface area (Å²) in [5.74, 6) is 0.669. The van der Waals surface area contributed by atoms with Crippen molar-refractivity contribution in [3.63, 3.8) is 0 Å². The number of esters is 1. The lowest BCUT2D eigenvalue weighted by Gasteiger charge is -2.08. The zero-order chi connectivity index (χ0) is 20.9. The number of ketones is 1. The van der Waals surface area contributed by atoms with E-state index in [0.29, 0.717) is 30.1 Å². The maximum absolute atomic E-state index is 12.0. The van der Waals surface area contributed by atoms with Gasteiger partial charge in [0.05, 0.1) is 31.5 Å². The van der Waals surface area contributed by atoms with Gasteiger partial charge in [-0.25, -0.2) is 0 Å². The SMILES string of the molecule is CCOC(=O)CC(=O)c1ccc(OCCCCCOc2ccc(C#N)cc2)cc1. The second kappa shape index (κ2) is 12.2. The molecule has 2 aromatic rings. The summed E-state index contributed by atoms with van der Waals surface area (Å²) in [6, 6.07) is 15.9. The van der Waals surface area contributed by atoms with Gasteiger partial charge in [-0.05, 0) is 74.7 Å². The Kier molecular flexibility index (Phi) is 9.23. The molecule has 152 valence electrons. The van der Waals surface area contributed by atoms with Crippen molar-refractivity contribution < 1.29 is 23.8 Å². The van der Waals surface area contributed by atoms with Gasteiger partial charge in [0.1, 0.15) is 17.9 Å². The zero-order valence-electron chi connectivity index (χ0n) is 16.6. The summed E-state index contributed by atoms with van der Waals surface area (Å²) >= 11 is 0. The van der Waals surface area contributed by atoms with E-state index in [0.717, 1.165) is 25.0 Å². The number of benzene rings is 2. The number of nitriles is 1. The highest BCUT2D eigenvalue weighted by Gasteiger charge is 2.12. The fourth-order valence-electron chi connectivity index (χ4n) is 2.57. The van der Waals surface area contributed by atoms with Crippen LogP contribution in [-0.2, 0) is 9.53 Å². The molecule has 0 radical (unpaired) electrons. The van der Waals surface area contributed by atoms with Crippen LogP contribution in [0.2, 0.25) is 0 Å². The second-order valence-electron chi connectivity index (χ2n) is 6.32. The van der Waals surface area contributed by atoms with Gasteiger partial charge in [0.2, 0.25) is 0 Å². The van der Waals surface area contributed by atoms with E-state index >= 15 is 0 Å². The highest BCUT2D eigenvalue weighted by atomic mass is 16.5. The lowest BCUT2D eigenvalue weighted by Crippen LogP contribution is -2.11. The predicted molar refractivity (Wildman–Crippen MR) is 108 cm³/mol. The number of nitrogens with zero attached hydrogens (tertiary/aromatic N) is 1. The monoisotopic (exact) mass is 395 g/mol. The zero-order valence-corrected chi connectivity index (χ0v) is 16.6. The predicted octanol–water partition coefficient (Wildman–Crippen LogP) is 4.32. The van der Waals surface area contributed by atoms with Crippen molar-refractivity contribution in [3.8, 4) is 17.6 Å². The van der Waals surface area contributed by atoms with E-state index in [1.807, 2.05) is 0 Å². The first-order valence-electron chi connectivity index (χ1n) is 9.67. The molecule has 29 heavy (non-hydrogen) atoms. The minimum Gasteiger partial charge on any atom is -0.494 e. The number of rotatable bonds is 12. The van der Waals surface area contributed by atoms with Crippen molar-refractivity contribution >= 4 is 11.8 Å². The fourth-order valence-corrected chi connectivity index (χ4v) is 2.57. The van der Waals surface area contributed by atoms with Crippen molar-refractivity contribution in [2.24, 2.45) is 0 Å². The van der Waals surface area contributed by atoms with Crippen LogP contribution >= 0.6 is 0 Å². The topological polar surface area (TPSA) is 85.6 Å². The standard InChI is InChI=1S/C23H25NO5/c1-2-27-23(26)16-22(25)19-8-12-21(13-9-19)29-15-5-3-4-14-28-20-10-6-18(17-24)7-11-20/h6-13H,2-5,14-16H2,1H3. The maximum Gasteiger partial charge on any atom is 0.313 e. The molecule has 0 aliphatic rings. The molecule has 0 bridgehead atoms. The molecule has 0 amide bonds. The lowest BCUT2D eigenvalue weighted by molar-refractivity contribution is -0.141. The van der Waals surface area contributed by atoms with E-state index in [4.69, 9.17) is 19.5 Å². The molecule has 0 aliphatic heterocycles. The van der Waals surface area contributed by atoms with Gasteiger partial charge in [-0.2, -0.15) is 5.26 Å². The molecule has 0 heterocycles. The van der Waals surface area contributed by atoms with Crippen molar-refractivity contribution in [2.45, 2.75) is 32.6 Å². The van der Waals surface area contributed by atoms with Crippen LogP contribution in [-0.4, -0.2) is 31.6 Å². The fraction of sp³-hybridized carbons (Fsp3) is 0.348. The van der Waals surface area contributed by atoms with Crippen LogP contribution in [0.4, 0.5) is 0 Å². The highest BCUT2D eigenvalue weighted by Crippen LogP contribution is 2.15. The molecule has 0 atom stereocenters. The third kappa shape index (κ3) is 8.06. The van der Waals surface area contributed by atoms with Crippen molar-refractivity contribution in [3.05, 3.63) is 59.7 Å². The van der Waals surface area contributed by atoms with Crippen LogP contribution in [0.25, 0.3) is 0 Å². The van der Waals surface area contributed by atoms with Crippen LogP contribution in [0.5, 0.6) is 11.5 Å². The summed E-state index contributed by atoms with van der Waals surface area (Å²) in [5.41, 5.74) is 1.08. The Labute approximate surface area is 171 Å². The van der Waals surface area contributed by atoms with Crippen molar-refractivity contribution in [1.29, 1.82) is 5.26 Å². The molecule has 0 saturated carbocycles. The highest BCUT2D eigenvalue weighted by molar-refractivity contribution is 6.05. The maximum atomic E-state index is 12.0. The van der Waals surface area contributed by atoms with Crippen LogP contribution in [0.3, 0.4) is 0 Å². The van der Waals surface area contributed by atoms with Crippen molar-refractivity contribution in [1.82, 2.24) is 0 Å². The Bertz CT molecular complexity index is 822. The number of carbonyl (C=O) groups excluding carboxylic acids is 2. The van der Waals surface area contributed by atoms with E-state index < -0.39 is 5.97 Å². The number of hydrogen-bond donors (Lipinski definition) is 0. The molecule has 2 aromatic carbocycles. The Hall–Kier alpha value is -3.33. The van der Waals surface area contributed by atoms with E-state index in [2.05, 4.69) is 6.07 Å². The van der Waals surface area contributed by atoms with Gasteiger partial charge in [0, 0.05) is 5.56 Å². The van der Waals surface area contributed by atoms with Crippen LogP contribution in [0, 0.1) is 11.3 Å². The van der Waals surface area contributed by atoms with Gasteiger partial charge < -0.3 is 14.2 Å². The number of hydrogen-bond acceptors (Lipinski definition) is 6. The number of ether oxygens (including phenoxy) is 3. The lowest BCUT2D eigenvalue weighted by atomic mass is 10.1. The first kappa shape index (κ1) is 22.0. The van der Waals surface area contributed by atoms with E-state index in [-0.39, 0.29) is 18.8 Å². The summed E-state index contributed by atoms with van der Waals surface area (Å²) in [4.78, 5) is 23.3. The van der Waals surface area contributed by atoms with Gasteiger partial charge >= 0.3 is 5.97 Å². The normalized spacial score (nSPS) is 10.1. The van der Waals surface area contributed by atoms with E-state index in [1.165, 1.54) is 0 Å². The average Bonchev–Trinajstić information content (AvgIpc) is 2.74. The van der Waals surface area contributed by atoms with Crippen LogP contribution in [0.15, 0.2) is 48.5 Å². The first-order valence-corrected chi connectivity index (χ1v) is 9.67. The molecule has 0 N–H and O–H groups in total. The smallest absolute Gasteiger partial charge is 0.313 e. The summed E-state index contributed by atoms with van der Waals surface area (Å²) in [6.07, 6.45) is 2.51. The molecule has 0 aliphatic carbocycles. The molecule has 0 aromatic heterocycles. The third-order valence-corrected chi connectivity index (χ3v) is 4.10. The van der Waals surface area contributed by atoms with Gasteiger partial charge in [0.25, 0.3) is 0 Å². The third-order valence-electron chi connectivity index (χ3n) is 4.10. The van der Waals surface area contributed by atoms with Crippen molar-refractivity contribution in [2.75, 3.05) is 19.8 Å². The van der Waals surface area contributed by atoms with Gasteiger partial charge in [-0.15, -0.1) is 0 Å². The molecular formula is C23H25NO5. The molecule has 6 heteroatoms. The van der Waals surface area contributed by atoms with Gasteiger partial charge in [0.15, 0.2) is 5.78 Å². The van der Waals surface area contributed by atoms with Gasteiger partial charge in [-0.1, -0.05) is 0 Å².